The number of hydrogen-bond acceptors (Lipinski definition) is 2. The number of benzene rings is 1. The van der Waals surface area contributed by atoms with E-state index in [4.69, 9.17) is 5.73 Å². The van der Waals surface area contributed by atoms with E-state index in [1.807, 2.05) is 18.2 Å². The Balaban J connectivity index is 2.70. The van der Waals surface area contributed by atoms with Crippen LogP contribution in [-0.4, -0.2) is 4.98 Å². The predicted octanol–water partition coefficient (Wildman–Crippen LogP) is 2.52. The largest absolute Gasteiger partial charge is 0.381 e. The van der Waals surface area contributed by atoms with Crippen molar-refractivity contribution in [2.45, 2.75) is 13.3 Å². The minimum Gasteiger partial charge on any atom is -0.381 e. The maximum Gasteiger partial charge on any atom is 0.165 e. The van der Waals surface area contributed by atoms with Gasteiger partial charge in [0.2, 0.25) is 0 Å². The zero-order chi connectivity index (χ0) is 10.1. The molecule has 2 nitrogen and oxygen atoms in total. The van der Waals surface area contributed by atoms with Gasteiger partial charge < -0.3 is 5.73 Å². The SMILES string of the molecule is CCc1ccc2nc(N)c(F)cc2c1. The number of rotatable bonds is 1. The van der Waals surface area contributed by atoms with E-state index in [1.54, 1.807) is 0 Å². The van der Waals surface area contributed by atoms with Crippen LogP contribution < -0.4 is 5.73 Å². The van der Waals surface area contributed by atoms with Gasteiger partial charge in [0.05, 0.1) is 5.52 Å². The molecular formula is C11H11FN2. The van der Waals surface area contributed by atoms with Crippen molar-refractivity contribution in [2.24, 2.45) is 0 Å². The number of pyridine rings is 1. The van der Waals surface area contributed by atoms with Crippen LogP contribution >= 0.6 is 0 Å². The van der Waals surface area contributed by atoms with Gasteiger partial charge in [0.15, 0.2) is 11.6 Å². The molecule has 2 N–H and O–H groups in total. The molecule has 0 bridgehead atoms. The van der Waals surface area contributed by atoms with Crippen LogP contribution in [0.5, 0.6) is 0 Å². The van der Waals surface area contributed by atoms with E-state index >= 15 is 0 Å². The Morgan fingerprint density at radius 3 is 2.86 bits per heavy atom. The Bertz CT molecular complexity index is 480. The van der Waals surface area contributed by atoms with Crippen molar-refractivity contribution in [1.82, 2.24) is 4.98 Å². The van der Waals surface area contributed by atoms with Crippen molar-refractivity contribution in [2.75, 3.05) is 5.73 Å². The molecule has 0 fully saturated rings. The first kappa shape index (κ1) is 8.94. The van der Waals surface area contributed by atoms with Crippen LogP contribution in [0.25, 0.3) is 10.9 Å². The summed E-state index contributed by atoms with van der Waals surface area (Å²) in [6.07, 6.45) is 0.932. The van der Waals surface area contributed by atoms with E-state index in [1.165, 1.54) is 11.6 Å². The molecule has 14 heavy (non-hydrogen) atoms. The number of nitrogens with two attached hydrogens (primary N) is 1. The summed E-state index contributed by atoms with van der Waals surface area (Å²) in [6.45, 7) is 2.06. The summed E-state index contributed by atoms with van der Waals surface area (Å²) in [5.74, 6) is -0.493. The second-order valence-corrected chi connectivity index (χ2v) is 3.24. The zero-order valence-corrected chi connectivity index (χ0v) is 7.92. The summed E-state index contributed by atoms with van der Waals surface area (Å²) in [4.78, 5) is 3.95. The van der Waals surface area contributed by atoms with Crippen LogP contribution in [0.3, 0.4) is 0 Å². The highest BCUT2D eigenvalue weighted by molar-refractivity contribution is 5.80. The van der Waals surface area contributed by atoms with Gasteiger partial charge in [-0.15, -0.1) is 0 Å². The predicted molar refractivity (Wildman–Crippen MR) is 55.5 cm³/mol. The van der Waals surface area contributed by atoms with E-state index in [2.05, 4.69) is 11.9 Å². The van der Waals surface area contributed by atoms with E-state index < -0.39 is 5.82 Å². The average Bonchev–Trinajstić information content (AvgIpc) is 2.19. The molecule has 2 aromatic rings. The third kappa shape index (κ3) is 1.41. The van der Waals surface area contributed by atoms with Crippen LogP contribution in [0.4, 0.5) is 10.2 Å². The number of aromatic nitrogens is 1. The molecule has 0 saturated carbocycles. The van der Waals surface area contributed by atoms with Crippen LogP contribution in [0.15, 0.2) is 24.3 Å². The van der Waals surface area contributed by atoms with Crippen molar-refractivity contribution in [3.8, 4) is 0 Å². The topological polar surface area (TPSA) is 38.9 Å². The lowest BCUT2D eigenvalue weighted by Gasteiger charge is -2.02. The van der Waals surface area contributed by atoms with Gasteiger partial charge in [-0.1, -0.05) is 13.0 Å². The quantitative estimate of drug-likeness (QED) is 0.750. The molecule has 72 valence electrons. The van der Waals surface area contributed by atoms with Gasteiger partial charge in [-0.25, -0.2) is 9.37 Å². The Hall–Kier alpha value is -1.64. The van der Waals surface area contributed by atoms with Gasteiger partial charge in [-0.2, -0.15) is 0 Å². The minimum absolute atomic E-state index is 0.0400. The summed E-state index contributed by atoms with van der Waals surface area (Å²) >= 11 is 0. The van der Waals surface area contributed by atoms with Crippen LogP contribution in [0.2, 0.25) is 0 Å². The Morgan fingerprint density at radius 2 is 2.14 bits per heavy atom. The van der Waals surface area contributed by atoms with Crippen molar-refractivity contribution in [3.63, 3.8) is 0 Å². The number of aryl methyl sites for hydroxylation is 1. The first-order chi connectivity index (χ1) is 6.70. The maximum absolute atomic E-state index is 13.1. The first-order valence-electron chi connectivity index (χ1n) is 4.55. The first-order valence-corrected chi connectivity index (χ1v) is 4.55. The van der Waals surface area contributed by atoms with Crippen LogP contribution in [-0.2, 0) is 6.42 Å². The highest BCUT2D eigenvalue weighted by Crippen LogP contribution is 2.18. The molecule has 0 unspecified atom stereocenters. The molecule has 0 atom stereocenters. The molecule has 0 aliphatic rings. The summed E-state index contributed by atoms with van der Waals surface area (Å²) in [7, 11) is 0. The maximum atomic E-state index is 13.1. The standard InChI is InChI=1S/C11H11FN2/c1-2-7-3-4-10-8(5-7)6-9(12)11(13)14-10/h3-6H,2H2,1H3,(H2,13,14). The van der Waals surface area contributed by atoms with Gasteiger partial charge >= 0.3 is 0 Å². The van der Waals surface area contributed by atoms with Gasteiger partial charge in [0.1, 0.15) is 0 Å². The van der Waals surface area contributed by atoms with Crippen molar-refractivity contribution in [3.05, 3.63) is 35.6 Å². The van der Waals surface area contributed by atoms with E-state index in [9.17, 15) is 4.39 Å². The third-order valence-corrected chi connectivity index (χ3v) is 2.27. The number of halogens is 1. The third-order valence-electron chi connectivity index (χ3n) is 2.27. The molecule has 1 aromatic heterocycles. The summed E-state index contributed by atoms with van der Waals surface area (Å²) in [5.41, 5.74) is 7.28. The average molecular weight is 190 g/mol. The fourth-order valence-electron chi connectivity index (χ4n) is 1.43. The van der Waals surface area contributed by atoms with Gasteiger partial charge in [-0.05, 0) is 30.2 Å². The molecule has 3 heteroatoms. The lowest BCUT2D eigenvalue weighted by molar-refractivity contribution is 0.630. The molecule has 0 amide bonds. The number of fused-ring (bicyclic) bond motifs is 1. The molecule has 0 saturated heterocycles. The molecule has 0 radical (unpaired) electrons. The van der Waals surface area contributed by atoms with Crippen LogP contribution in [0.1, 0.15) is 12.5 Å². The lowest BCUT2D eigenvalue weighted by atomic mass is 10.1. The van der Waals surface area contributed by atoms with Gasteiger partial charge in [-0.3, -0.25) is 0 Å². The number of hydrogen-bond donors (Lipinski definition) is 1. The second-order valence-electron chi connectivity index (χ2n) is 3.24. The molecule has 0 spiro atoms. The van der Waals surface area contributed by atoms with E-state index in [-0.39, 0.29) is 5.82 Å². The Morgan fingerprint density at radius 1 is 1.36 bits per heavy atom. The summed E-state index contributed by atoms with van der Waals surface area (Å²) in [5, 5.41) is 0.802. The molecule has 1 aromatic carbocycles. The molecular weight excluding hydrogens is 179 g/mol. The Labute approximate surface area is 81.6 Å². The molecule has 1 heterocycles. The van der Waals surface area contributed by atoms with E-state index in [0.717, 1.165) is 17.3 Å². The molecule has 0 aliphatic heterocycles. The van der Waals surface area contributed by atoms with Crippen LogP contribution in [0, 0.1) is 5.82 Å². The number of nitrogen functional groups attached to an aromatic ring is 1. The number of nitrogens with zero attached hydrogens (tertiary/aromatic N) is 1. The second kappa shape index (κ2) is 3.25. The smallest absolute Gasteiger partial charge is 0.165 e. The highest BCUT2D eigenvalue weighted by atomic mass is 19.1. The van der Waals surface area contributed by atoms with Crippen molar-refractivity contribution >= 4 is 16.7 Å². The zero-order valence-electron chi connectivity index (χ0n) is 7.92. The van der Waals surface area contributed by atoms with E-state index in [0.29, 0.717) is 0 Å². The monoisotopic (exact) mass is 190 g/mol. The Kier molecular flexibility index (Phi) is 2.08. The fourth-order valence-corrected chi connectivity index (χ4v) is 1.43. The van der Waals surface area contributed by atoms with Crippen molar-refractivity contribution < 1.29 is 4.39 Å². The van der Waals surface area contributed by atoms with Crippen molar-refractivity contribution in [1.29, 1.82) is 0 Å². The summed E-state index contributed by atoms with van der Waals surface area (Å²) in [6, 6.07) is 7.21. The molecule has 0 aliphatic carbocycles. The lowest BCUT2D eigenvalue weighted by Crippen LogP contribution is -1.95. The summed E-state index contributed by atoms with van der Waals surface area (Å²) < 4.78 is 13.1. The minimum atomic E-state index is -0.453. The molecule has 2 rings (SSSR count). The highest BCUT2D eigenvalue weighted by Gasteiger charge is 2.03. The normalized spacial score (nSPS) is 10.7. The fraction of sp³-hybridized carbons (Fsp3) is 0.182. The van der Waals surface area contributed by atoms with Gasteiger partial charge in [0.25, 0.3) is 0 Å². The number of anilines is 1. The van der Waals surface area contributed by atoms with Gasteiger partial charge in [0, 0.05) is 5.39 Å².